The van der Waals surface area contributed by atoms with Crippen LogP contribution >= 0.6 is 7.75 Å². The van der Waals surface area contributed by atoms with Gasteiger partial charge in [0.25, 0.3) is 0 Å². The number of nitrogens with zero attached hydrogens (tertiary/aromatic N) is 1. The second-order valence-corrected chi connectivity index (χ2v) is 5.06. The first-order chi connectivity index (χ1) is 5.04. The van der Waals surface area contributed by atoms with Gasteiger partial charge in [-0.3, -0.25) is 9.05 Å². The zero-order chi connectivity index (χ0) is 8.48. The van der Waals surface area contributed by atoms with E-state index in [1.807, 2.05) is 6.92 Å². The molecule has 0 amide bonds. The van der Waals surface area contributed by atoms with Gasteiger partial charge in [-0.15, -0.1) is 0 Å². The van der Waals surface area contributed by atoms with Crippen molar-refractivity contribution in [3.63, 3.8) is 0 Å². The van der Waals surface area contributed by atoms with Gasteiger partial charge in [0.15, 0.2) is 0 Å². The fourth-order valence-electron chi connectivity index (χ4n) is 0.854. The van der Waals surface area contributed by atoms with Gasteiger partial charge in [-0.05, 0) is 27.4 Å². The maximum Gasteiger partial charge on any atom is 0.407 e. The maximum absolute atomic E-state index is 11.6. The second kappa shape index (κ2) is 3.23. The summed E-state index contributed by atoms with van der Waals surface area (Å²) in [5, 5.41) is 0. The molecule has 66 valence electrons. The summed E-state index contributed by atoms with van der Waals surface area (Å²) >= 11 is 0. The van der Waals surface area contributed by atoms with E-state index in [1.54, 1.807) is 14.1 Å². The normalized spacial score (nSPS) is 39.5. The summed E-state index contributed by atoms with van der Waals surface area (Å²) in [6, 6.07) is 0. The number of hydrogen-bond acceptors (Lipinski definition) is 3. The van der Waals surface area contributed by atoms with Gasteiger partial charge in [0.05, 0.1) is 12.7 Å². The highest BCUT2D eigenvalue weighted by molar-refractivity contribution is 7.51. The van der Waals surface area contributed by atoms with E-state index in [0.717, 1.165) is 6.42 Å². The van der Waals surface area contributed by atoms with Crippen LogP contribution in [-0.2, 0) is 13.6 Å². The number of hydrogen-bond donors (Lipinski definition) is 0. The van der Waals surface area contributed by atoms with Crippen LogP contribution in [0.3, 0.4) is 0 Å². The van der Waals surface area contributed by atoms with Crippen LogP contribution < -0.4 is 0 Å². The molecule has 0 aromatic heterocycles. The van der Waals surface area contributed by atoms with Gasteiger partial charge in [-0.25, -0.2) is 9.24 Å². The Morgan fingerprint density at radius 1 is 1.55 bits per heavy atom. The monoisotopic (exact) mass is 179 g/mol. The minimum atomic E-state index is -2.91. The molecule has 1 fully saturated rings. The Bertz CT molecular complexity index is 183. The van der Waals surface area contributed by atoms with Crippen molar-refractivity contribution in [2.75, 3.05) is 20.7 Å². The topological polar surface area (TPSA) is 38.8 Å². The van der Waals surface area contributed by atoms with Gasteiger partial charge in [0, 0.05) is 0 Å². The fourth-order valence-corrected chi connectivity index (χ4v) is 2.23. The third-order valence-corrected chi connectivity index (χ3v) is 3.70. The van der Waals surface area contributed by atoms with E-state index in [-0.39, 0.29) is 6.10 Å². The average molecular weight is 179 g/mol. The Morgan fingerprint density at radius 2 is 2.18 bits per heavy atom. The van der Waals surface area contributed by atoms with Crippen molar-refractivity contribution in [3.8, 4) is 0 Å². The highest BCUT2D eigenvalue weighted by atomic mass is 31.2. The molecule has 1 heterocycles. The first kappa shape index (κ1) is 9.20. The maximum atomic E-state index is 11.6. The van der Waals surface area contributed by atoms with Crippen LogP contribution in [0, 0.1) is 0 Å². The molecule has 4 nitrogen and oxygen atoms in total. The van der Waals surface area contributed by atoms with Crippen LogP contribution in [0.25, 0.3) is 0 Å². The van der Waals surface area contributed by atoms with Crippen molar-refractivity contribution in [1.82, 2.24) is 4.67 Å². The Kier molecular flexibility index (Phi) is 2.70. The SMILES string of the molecule is C[C@H]1CCO[P@](=O)(N(C)C)O1. The third-order valence-electron chi connectivity index (χ3n) is 1.58. The van der Waals surface area contributed by atoms with Gasteiger partial charge >= 0.3 is 7.75 Å². The summed E-state index contributed by atoms with van der Waals surface area (Å²) in [5.41, 5.74) is 0. The molecule has 2 atom stereocenters. The molecular formula is C6H14NO3P. The van der Waals surface area contributed by atoms with Gasteiger partial charge in [-0.2, -0.15) is 0 Å². The van der Waals surface area contributed by atoms with E-state index in [9.17, 15) is 4.57 Å². The van der Waals surface area contributed by atoms with E-state index in [4.69, 9.17) is 9.05 Å². The van der Waals surface area contributed by atoms with Crippen LogP contribution in [0.15, 0.2) is 0 Å². The molecule has 11 heavy (non-hydrogen) atoms. The lowest BCUT2D eigenvalue weighted by atomic mass is 10.3. The van der Waals surface area contributed by atoms with E-state index in [0.29, 0.717) is 6.61 Å². The average Bonchev–Trinajstić information content (AvgIpc) is 1.86. The van der Waals surface area contributed by atoms with Crippen molar-refractivity contribution in [3.05, 3.63) is 0 Å². The lowest BCUT2D eigenvalue weighted by Crippen LogP contribution is -2.24. The minimum Gasteiger partial charge on any atom is -0.297 e. The molecule has 5 heteroatoms. The van der Waals surface area contributed by atoms with Gasteiger partial charge in [0.1, 0.15) is 0 Å². The van der Waals surface area contributed by atoms with Crippen molar-refractivity contribution in [2.45, 2.75) is 19.4 Å². The summed E-state index contributed by atoms with van der Waals surface area (Å²) < 4.78 is 23.4. The molecule has 0 N–H and O–H groups in total. The lowest BCUT2D eigenvalue weighted by molar-refractivity contribution is 0.0715. The number of rotatable bonds is 1. The Morgan fingerprint density at radius 3 is 2.55 bits per heavy atom. The first-order valence-corrected chi connectivity index (χ1v) is 5.15. The largest absolute Gasteiger partial charge is 0.407 e. The summed E-state index contributed by atoms with van der Waals surface area (Å²) in [6.07, 6.45) is 0.856. The zero-order valence-electron chi connectivity index (χ0n) is 7.11. The van der Waals surface area contributed by atoms with Crippen molar-refractivity contribution >= 4 is 7.75 Å². The molecule has 0 radical (unpaired) electrons. The van der Waals surface area contributed by atoms with Crippen molar-refractivity contribution in [1.29, 1.82) is 0 Å². The molecule has 0 aromatic rings. The van der Waals surface area contributed by atoms with Crippen LogP contribution in [0.2, 0.25) is 0 Å². The zero-order valence-corrected chi connectivity index (χ0v) is 8.01. The molecule has 1 saturated heterocycles. The van der Waals surface area contributed by atoms with Crippen LogP contribution in [0.5, 0.6) is 0 Å². The van der Waals surface area contributed by atoms with Gasteiger partial charge in [-0.1, -0.05) is 0 Å². The summed E-state index contributed by atoms with van der Waals surface area (Å²) in [5.74, 6) is 0. The van der Waals surface area contributed by atoms with E-state index < -0.39 is 7.75 Å². The highest BCUT2D eigenvalue weighted by Gasteiger charge is 2.33. The quantitative estimate of drug-likeness (QED) is 0.571. The van der Waals surface area contributed by atoms with Gasteiger partial charge < -0.3 is 0 Å². The molecular weight excluding hydrogens is 165 g/mol. The molecule has 0 unspecified atom stereocenters. The van der Waals surface area contributed by atoms with E-state index >= 15 is 0 Å². The lowest BCUT2D eigenvalue weighted by Gasteiger charge is -2.30. The Balaban J connectivity index is 2.63. The molecule has 0 spiro atoms. The summed E-state index contributed by atoms with van der Waals surface area (Å²) in [7, 11) is 0.478. The highest BCUT2D eigenvalue weighted by Crippen LogP contribution is 2.53. The Hall–Kier alpha value is 0.110. The van der Waals surface area contributed by atoms with Crippen molar-refractivity contribution in [2.24, 2.45) is 0 Å². The summed E-state index contributed by atoms with van der Waals surface area (Å²) in [6.45, 7) is 2.43. The smallest absolute Gasteiger partial charge is 0.297 e. The molecule has 1 aliphatic heterocycles. The van der Waals surface area contributed by atoms with Crippen molar-refractivity contribution < 1.29 is 13.6 Å². The predicted molar refractivity (Wildman–Crippen MR) is 42.4 cm³/mol. The molecule has 0 aromatic carbocycles. The standard InChI is InChI=1S/C6H14NO3P/c1-6-4-5-9-11(8,10-6)7(2)3/h6H,4-5H2,1-3H3/t6-,11+/m0/s1. The molecule has 0 bridgehead atoms. The third kappa shape index (κ3) is 2.03. The second-order valence-electron chi connectivity index (χ2n) is 2.85. The summed E-state index contributed by atoms with van der Waals surface area (Å²) in [4.78, 5) is 0. The minimum absolute atomic E-state index is 0.0389. The van der Waals surface area contributed by atoms with Crippen LogP contribution in [-0.4, -0.2) is 31.5 Å². The molecule has 1 rings (SSSR count). The van der Waals surface area contributed by atoms with Crippen LogP contribution in [0.4, 0.5) is 0 Å². The van der Waals surface area contributed by atoms with E-state index in [2.05, 4.69) is 0 Å². The molecule has 0 aliphatic carbocycles. The molecule has 0 saturated carbocycles. The predicted octanol–water partition coefficient (Wildman–Crippen LogP) is 1.48. The fraction of sp³-hybridized carbons (Fsp3) is 1.00. The van der Waals surface area contributed by atoms with Crippen LogP contribution in [0.1, 0.15) is 13.3 Å². The molecule has 1 aliphatic rings. The van der Waals surface area contributed by atoms with E-state index in [1.165, 1.54) is 4.67 Å². The first-order valence-electron chi connectivity index (χ1n) is 3.65. The Labute approximate surface area is 67.1 Å². The van der Waals surface area contributed by atoms with Gasteiger partial charge in [0.2, 0.25) is 0 Å².